The third-order valence-electron chi connectivity index (χ3n) is 2.86. The molecule has 1 aromatic carbocycles. The third kappa shape index (κ3) is 3.03. The van der Waals surface area contributed by atoms with Crippen molar-refractivity contribution in [2.75, 3.05) is 0 Å². The van der Waals surface area contributed by atoms with Gasteiger partial charge in [0, 0.05) is 17.7 Å². The van der Waals surface area contributed by atoms with Gasteiger partial charge in [0.15, 0.2) is 0 Å². The predicted octanol–water partition coefficient (Wildman–Crippen LogP) is 4.30. The first kappa shape index (κ1) is 12.0. The zero-order chi connectivity index (χ0) is 12.4. The van der Waals surface area contributed by atoms with E-state index < -0.39 is 0 Å². The van der Waals surface area contributed by atoms with Gasteiger partial charge in [0.1, 0.15) is 16.0 Å². The fraction of sp³-hybridized carbons (Fsp3) is 0.286. The summed E-state index contributed by atoms with van der Waals surface area (Å²) in [5, 5.41) is 1.53. The molecule has 1 aliphatic rings. The van der Waals surface area contributed by atoms with Crippen molar-refractivity contribution in [3.63, 3.8) is 0 Å². The number of halogens is 1. The van der Waals surface area contributed by atoms with Crippen LogP contribution in [0.25, 0.3) is 0 Å². The summed E-state index contributed by atoms with van der Waals surface area (Å²) >= 11 is 7.75. The number of hydrogen-bond acceptors (Lipinski definition) is 3. The Morgan fingerprint density at radius 1 is 1.17 bits per heavy atom. The molecule has 1 aliphatic carbocycles. The number of thioether (sulfide) groups is 1. The van der Waals surface area contributed by atoms with Crippen LogP contribution in [-0.2, 0) is 5.75 Å². The lowest BCUT2D eigenvalue weighted by atomic mass is 10.2. The molecule has 0 unspecified atom stereocenters. The molecule has 0 radical (unpaired) electrons. The van der Waals surface area contributed by atoms with Crippen LogP contribution in [0.5, 0.6) is 0 Å². The van der Waals surface area contributed by atoms with Crippen LogP contribution in [0.15, 0.2) is 41.4 Å². The van der Waals surface area contributed by atoms with Crippen molar-refractivity contribution in [3.05, 3.63) is 52.9 Å². The van der Waals surface area contributed by atoms with Crippen molar-refractivity contribution in [1.29, 1.82) is 0 Å². The van der Waals surface area contributed by atoms with E-state index in [2.05, 4.69) is 34.2 Å². The van der Waals surface area contributed by atoms with E-state index in [0.717, 1.165) is 16.6 Å². The maximum absolute atomic E-state index is 6.04. The number of aromatic nitrogens is 2. The molecule has 0 spiro atoms. The Balaban J connectivity index is 1.72. The summed E-state index contributed by atoms with van der Waals surface area (Å²) in [6, 6.07) is 12.2. The van der Waals surface area contributed by atoms with Gasteiger partial charge in [-0.15, -0.1) is 11.8 Å². The zero-order valence-electron chi connectivity index (χ0n) is 9.84. The highest BCUT2D eigenvalue weighted by molar-refractivity contribution is 7.98. The Kier molecular flexibility index (Phi) is 3.52. The zero-order valence-corrected chi connectivity index (χ0v) is 11.4. The van der Waals surface area contributed by atoms with Crippen molar-refractivity contribution in [2.24, 2.45) is 0 Å². The van der Waals surface area contributed by atoms with E-state index in [0.29, 0.717) is 11.1 Å². The van der Waals surface area contributed by atoms with E-state index >= 15 is 0 Å². The molecule has 92 valence electrons. The minimum absolute atomic E-state index is 0.541. The summed E-state index contributed by atoms with van der Waals surface area (Å²) in [5.41, 5.74) is 1.30. The molecule has 4 heteroatoms. The molecule has 0 atom stereocenters. The highest BCUT2D eigenvalue weighted by Gasteiger charge is 2.27. The molecule has 1 saturated carbocycles. The first-order chi connectivity index (χ1) is 8.81. The van der Waals surface area contributed by atoms with Crippen molar-refractivity contribution in [1.82, 2.24) is 9.97 Å². The van der Waals surface area contributed by atoms with Gasteiger partial charge in [-0.3, -0.25) is 0 Å². The highest BCUT2D eigenvalue weighted by atomic mass is 35.5. The van der Waals surface area contributed by atoms with Gasteiger partial charge < -0.3 is 0 Å². The molecule has 0 saturated heterocycles. The topological polar surface area (TPSA) is 25.8 Å². The molecule has 0 amide bonds. The molecule has 0 N–H and O–H groups in total. The van der Waals surface area contributed by atoms with Gasteiger partial charge in [-0.05, 0) is 18.4 Å². The largest absolute Gasteiger partial charge is 0.226 e. The van der Waals surface area contributed by atoms with Crippen LogP contribution >= 0.6 is 23.4 Å². The molecular formula is C14H13ClN2S. The van der Waals surface area contributed by atoms with Crippen LogP contribution < -0.4 is 0 Å². The second-order valence-corrected chi connectivity index (χ2v) is 5.82. The molecule has 0 bridgehead atoms. The van der Waals surface area contributed by atoms with Crippen molar-refractivity contribution >= 4 is 23.4 Å². The van der Waals surface area contributed by atoms with Gasteiger partial charge in [-0.25, -0.2) is 9.97 Å². The van der Waals surface area contributed by atoms with Crippen molar-refractivity contribution in [2.45, 2.75) is 29.5 Å². The molecular weight excluding hydrogens is 264 g/mol. The molecule has 0 aliphatic heterocycles. The number of nitrogens with zero attached hydrogens (tertiary/aromatic N) is 2. The van der Waals surface area contributed by atoms with E-state index in [1.165, 1.54) is 18.4 Å². The summed E-state index contributed by atoms with van der Waals surface area (Å²) in [7, 11) is 0. The summed E-state index contributed by atoms with van der Waals surface area (Å²) in [6.45, 7) is 0. The number of hydrogen-bond donors (Lipinski definition) is 0. The summed E-state index contributed by atoms with van der Waals surface area (Å²) in [5.74, 6) is 2.37. The molecule has 1 fully saturated rings. The van der Waals surface area contributed by atoms with Gasteiger partial charge >= 0.3 is 0 Å². The van der Waals surface area contributed by atoms with E-state index in [9.17, 15) is 0 Å². The molecule has 2 nitrogen and oxygen atoms in total. The second-order valence-electron chi connectivity index (χ2n) is 4.44. The van der Waals surface area contributed by atoms with E-state index in [4.69, 9.17) is 11.6 Å². The van der Waals surface area contributed by atoms with Gasteiger partial charge in [-0.1, -0.05) is 41.9 Å². The van der Waals surface area contributed by atoms with Crippen molar-refractivity contribution < 1.29 is 0 Å². The highest BCUT2D eigenvalue weighted by Crippen LogP contribution is 2.39. The maximum Gasteiger partial charge on any atom is 0.134 e. The Morgan fingerprint density at radius 3 is 2.67 bits per heavy atom. The van der Waals surface area contributed by atoms with E-state index in [1.807, 2.05) is 12.1 Å². The average molecular weight is 277 g/mol. The Morgan fingerprint density at radius 2 is 1.94 bits per heavy atom. The van der Waals surface area contributed by atoms with Gasteiger partial charge in [0.2, 0.25) is 0 Å². The van der Waals surface area contributed by atoms with Gasteiger partial charge in [0.05, 0.1) is 0 Å². The van der Waals surface area contributed by atoms with Gasteiger partial charge in [0.25, 0.3) is 0 Å². The van der Waals surface area contributed by atoms with Gasteiger partial charge in [-0.2, -0.15) is 0 Å². The summed E-state index contributed by atoms with van der Waals surface area (Å²) in [6.07, 6.45) is 2.40. The maximum atomic E-state index is 6.04. The molecule has 1 heterocycles. The monoisotopic (exact) mass is 276 g/mol. The van der Waals surface area contributed by atoms with Crippen LogP contribution in [-0.4, -0.2) is 9.97 Å². The minimum atomic E-state index is 0.541. The Labute approximate surface area is 116 Å². The number of rotatable bonds is 4. The van der Waals surface area contributed by atoms with Crippen LogP contribution in [0.2, 0.25) is 5.15 Å². The van der Waals surface area contributed by atoms with Crippen LogP contribution in [0.4, 0.5) is 0 Å². The Bertz CT molecular complexity index is 541. The summed E-state index contributed by atoms with van der Waals surface area (Å²) in [4.78, 5) is 8.87. The normalized spacial score (nSPS) is 14.7. The summed E-state index contributed by atoms with van der Waals surface area (Å²) < 4.78 is 0. The molecule has 3 rings (SSSR count). The second kappa shape index (κ2) is 5.29. The molecule has 18 heavy (non-hydrogen) atoms. The fourth-order valence-corrected chi connectivity index (χ4v) is 2.86. The quantitative estimate of drug-likeness (QED) is 0.615. The Hall–Kier alpha value is -1.06. The fourth-order valence-electron chi connectivity index (χ4n) is 1.74. The first-order valence-corrected chi connectivity index (χ1v) is 7.39. The molecule has 2 aromatic rings. The standard InChI is InChI=1S/C14H13ClN2S/c15-12-8-13(17-14(16-12)11-6-7-11)18-9-10-4-2-1-3-5-10/h1-5,8,11H,6-7,9H2. The minimum Gasteiger partial charge on any atom is -0.226 e. The molecule has 1 aromatic heterocycles. The predicted molar refractivity (Wildman–Crippen MR) is 75.0 cm³/mol. The van der Waals surface area contributed by atoms with Crippen LogP contribution in [0.1, 0.15) is 30.1 Å². The van der Waals surface area contributed by atoms with Crippen molar-refractivity contribution in [3.8, 4) is 0 Å². The van der Waals surface area contributed by atoms with Crippen LogP contribution in [0.3, 0.4) is 0 Å². The third-order valence-corrected chi connectivity index (χ3v) is 4.04. The number of benzene rings is 1. The first-order valence-electron chi connectivity index (χ1n) is 6.02. The lowest BCUT2D eigenvalue weighted by molar-refractivity contribution is 0.878. The smallest absolute Gasteiger partial charge is 0.134 e. The van der Waals surface area contributed by atoms with E-state index in [-0.39, 0.29) is 0 Å². The lowest BCUT2D eigenvalue weighted by Gasteiger charge is -2.04. The lowest BCUT2D eigenvalue weighted by Crippen LogP contribution is -1.94. The average Bonchev–Trinajstić information content (AvgIpc) is 3.21. The SMILES string of the molecule is Clc1cc(SCc2ccccc2)nc(C2CC2)n1. The van der Waals surface area contributed by atoms with E-state index in [1.54, 1.807) is 11.8 Å². The van der Waals surface area contributed by atoms with Crippen LogP contribution in [0, 0.1) is 0 Å².